The molecule has 2 N–H and O–H groups in total. The molecule has 0 aliphatic carbocycles. The van der Waals surface area contributed by atoms with E-state index in [9.17, 15) is 26.3 Å². The molecular formula is C26H21F6N7OS. The molecule has 3 aromatic carbocycles. The number of rotatable bonds is 7. The summed E-state index contributed by atoms with van der Waals surface area (Å²) in [4.78, 5) is 5.79. The highest BCUT2D eigenvalue weighted by molar-refractivity contribution is 7.80. The summed E-state index contributed by atoms with van der Waals surface area (Å²) in [5, 5.41) is 10.7. The highest BCUT2D eigenvalue weighted by Gasteiger charge is 2.34. The molecule has 0 fully saturated rings. The Hall–Kier alpha value is -4.66. The van der Waals surface area contributed by atoms with E-state index in [1.807, 2.05) is 0 Å². The molecular weight excluding hydrogens is 572 g/mol. The molecule has 1 aromatic heterocycles. The summed E-state index contributed by atoms with van der Waals surface area (Å²) in [6, 6.07) is 15.9. The highest BCUT2D eigenvalue weighted by Crippen LogP contribution is 2.37. The zero-order valence-electron chi connectivity index (χ0n) is 21.3. The van der Waals surface area contributed by atoms with Gasteiger partial charge in [0.1, 0.15) is 12.1 Å². The third-order valence-electron chi connectivity index (χ3n) is 5.45. The number of benzene rings is 3. The summed E-state index contributed by atoms with van der Waals surface area (Å²) in [6.45, 7) is 0. The van der Waals surface area contributed by atoms with E-state index < -0.39 is 18.1 Å². The highest BCUT2D eigenvalue weighted by atomic mass is 32.1. The Bertz CT molecular complexity index is 1530. The van der Waals surface area contributed by atoms with E-state index in [1.165, 1.54) is 53.6 Å². The molecule has 0 unspecified atom stereocenters. The Morgan fingerprint density at radius 3 is 2.27 bits per heavy atom. The topological polar surface area (TPSA) is 79.6 Å². The lowest BCUT2D eigenvalue weighted by Gasteiger charge is -2.19. The van der Waals surface area contributed by atoms with Crippen LogP contribution in [0, 0.1) is 0 Å². The molecule has 0 aliphatic heterocycles. The Balaban J connectivity index is 1.36. The first-order valence-electron chi connectivity index (χ1n) is 11.7. The summed E-state index contributed by atoms with van der Waals surface area (Å²) in [5.41, 5.74) is 3.59. The first-order chi connectivity index (χ1) is 19.3. The van der Waals surface area contributed by atoms with E-state index in [0.717, 1.165) is 6.07 Å². The van der Waals surface area contributed by atoms with Gasteiger partial charge < -0.3 is 15.0 Å². The van der Waals surface area contributed by atoms with Gasteiger partial charge in [-0.05, 0) is 60.2 Å². The summed E-state index contributed by atoms with van der Waals surface area (Å²) in [6.07, 6.45) is -6.53. The Morgan fingerprint density at radius 2 is 1.66 bits per heavy atom. The molecule has 0 radical (unpaired) electrons. The maximum atomic E-state index is 13.5. The molecule has 1 heterocycles. The minimum absolute atomic E-state index is 0.131. The van der Waals surface area contributed by atoms with Crippen molar-refractivity contribution in [3.63, 3.8) is 0 Å². The quantitative estimate of drug-likeness (QED) is 0.114. The molecule has 0 amide bonds. The minimum Gasteiger partial charge on any atom is -0.406 e. The number of alkyl halides is 6. The molecule has 0 aliphatic rings. The predicted octanol–water partition coefficient (Wildman–Crippen LogP) is 6.24. The molecule has 0 spiro atoms. The van der Waals surface area contributed by atoms with Crippen molar-refractivity contribution < 1.29 is 31.1 Å². The van der Waals surface area contributed by atoms with Gasteiger partial charge in [0.25, 0.3) is 0 Å². The van der Waals surface area contributed by atoms with Crippen LogP contribution in [0.15, 0.2) is 78.2 Å². The molecule has 0 saturated carbocycles. The fourth-order valence-corrected chi connectivity index (χ4v) is 3.67. The molecule has 0 bridgehead atoms. The number of ether oxygens (including phenoxy) is 1. The summed E-state index contributed by atoms with van der Waals surface area (Å²) < 4.78 is 82.9. The summed E-state index contributed by atoms with van der Waals surface area (Å²) >= 11 is 5.09. The van der Waals surface area contributed by atoms with Crippen molar-refractivity contribution in [2.75, 3.05) is 24.3 Å². The molecule has 15 heteroatoms. The van der Waals surface area contributed by atoms with Crippen LogP contribution in [0.1, 0.15) is 11.1 Å². The lowest BCUT2D eigenvalue weighted by atomic mass is 10.1. The van der Waals surface area contributed by atoms with Crippen LogP contribution in [0.2, 0.25) is 0 Å². The van der Waals surface area contributed by atoms with Gasteiger partial charge in [0.05, 0.1) is 23.2 Å². The van der Waals surface area contributed by atoms with E-state index >= 15 is 0 Å². The van der Waals surface area contributed by atoms with Gasteiger partial charge in [0.15, 0.2) is 10.9 Å². The molecule has 4 aromatic rings. The van der Waals surface area contributed by atoms with Crippen LogP contribution in [0.5, 0.6) is 5.75 Å². The molecule has 41 heavy (non-hydrogen) atoms. The number of nitrogens with one attached hydrogen (secondary N) is 2. The van der Waals surface area contributed by atoms with Crippen molar-refractivity contribution in [1.29, 1.82) is 0 Å². The van der Waals surface area contributed by atoms with Gasteiger partial charge in [-0.3, -0.25) is 5.43 Å². The number of halogens is 6. The van der Waals surface area contributed by atoms with Crippen LogP contribution in [-0.2, 0) is 6.18 Å². The van der Waals surface area contributed by atoms with Crippen LogP contribution in [0.4, 0.5) is 37.7 Å². The smallest absolute Gasteiger partial charge is 0.406 e. The number of hydrogen-bond donors (Lipinski definition) is 2. The standard InChI is InChI=1S/C26H21F6N7OS/c1-38(2)19-9-12-22(21(13-19)25(27,28)29)35-24(41)36-34-14-16-3-5-17(6-4-16)23-33-15-39(37-23)18-7-10-20(11-8-18)40-26(30,31)32/h3-15H,1-2H3,(H2,35,36,41)/b34-14+. The second-order valence-electron chi connectivity index (χ2n) is 8.62. The number of hydrogen-bond acceptors (Lipinski definition) is 6. The number of nitrogens with zero attached hydrogens (tertiary/aromatic N) is 5. The second kappa shape index (κ2) is 11.8. The Morgan fingerprint density at radius 1 is 0.976 bits per heavy atom. The average Bonchev–Trinajstić information content (AvgIpc) is 3.38. The van der Waals surface area contributed by atoms with Crippen LogP contribution >= 0.6 is 12.2 Å². The lowest BCUT2D eigenvalue weighted by Crippen LogP contribution is -2.25. The average molecular weight is 594 g/mol. The molecule has 0 saturated heterocycles. The fraction of sp³-hybridized carbons (Fsp3) is 0.154. The molecule has 4 rings (SSSR count). The van der Waals surface area contributed by atoms with Crippen molar-refractivity contribution in [3.05, 3.63) is 84.2 Å². The van der Waals surface area contributed by atoms with Gasteiger partial charge >= 0.3 is 12.5 Å². The first kappa shape index (κ1) is 29.3. The predicted molar refractivity (Wildman–Crippen MR) is 146 cm³/mol. The van der Waals surface area contributed by atoms with E-state index in [-0.39, 0.29) is 16.5 Å². The van der Waals surface area contributed by atoms with Gasteiger partial charge in [-0.1, -0.05) is 24.3 Å². The summed E-state index contributed by atoms with van der Waals surface area (Å²) in [7, 11) is 3.28. The normalized spacial score (nSPS) is 11.9. The lowest BCUT2D eigenvalue weighted by molar-refractivity contribution is -0.274. The maximum Gasteiger partial charge on any atom is 0.573 e. The third-order valence-corrected chi connectivity index (χ3v) is 5.64. The van der Waals surface area contributed by atoms with Crippen LogP contribution in [0.25, 0.3) is 17.1 Å². The molecule has 214 valence electrons. The van der Waals surface area contributed by atoms with E-state index in [4.69, 9.17) is 12.2 Å². The Kier molecular flexibility index (Phi) is 8.47. The van der Waals surface area contributed by atoms with Gasteiger partial charge in [-0.2, -0.15) is 18.3 Å². The monoisotopic (exact) mass is 593 g/mol. The van der Waals surface area contributed by atoms with Crippen LogP contribution in [-0.4, -0.2) is 46.5 Å². The number of aromatic nitrogens is 3. The first-order valence-corrected chi connectivity index (χ1v) is 12.1. The largest absolute Gasteiger partial charge is 0.573 e. The van der Waals surface area contributed by atoms with Crippen molar-refractivity contribution in [3.8, 4) is 22.8 Å². The van der Waals surface area contributed by atoms with Gasteiger partial charge in [-0.15, -0.1) is 18.3 Å². The van der Waals surface area contributed by atoms with Crippen molar-refractivity contribution in [2.45, 2.75) is 12.5 Å². The summed E-state index contributed by atoms with van der Waals surface area (Å²) in [5.74, 6) is 0.0166. The molecule has 8 nitrogen and oxygen atoms in total. The number of hydrazone groups is 1. The fourth-order valence-electron chi connectivity index (χ4n) is 3.51. The zero-order chi connectivity index (χ0) is 29.8. The van der Waals surface area contributed by atoms with E-state index in [1.54, 1.807) is 43.3 Å². The van der Waals surface area contributed by atoms with Crippen LogP contribution < -0.4 is 20.4 Å². The van der Waals surface area contributed by atoms with Crippen LogP contribution in [0.3, 0.4) is 0 Å². The van der Waals surface area contributed by atoms with Crippen molar-refractivity contribution >= 4 is 34.9 Å². The molecule has 0 atom stereocenters. The minimum atomic E-state index is -4.78. The van der Waals surface area contributed by atoms with Gasteiger partial charge in [-0.25, -0.2) is 9.67 Å². The second-order valence-corrected chi connectivity index (χ2v) is 9.03. The number of anilines is 2. The SMILES string of the molecule is CN(C)c1ccc(NC(=S)N/N=C/c2ccc(-c3ncn(-c4ccc(OC(F)(F)F)cc4)n3)cc2)c(C(F)(F)F)c1. The number of thiocarbonyl (C=S) groups is 1. The van der Waals surface area contributed by atoms with Gasteiger partial charge in [0.2, 0.25) is 0 Å². The van der Waals surface area contributed by atoms with Crippen molar-refractivity contribution in [1.82, 2.24) is 20.2 Å². The Labute approximate surface area is 235 Å². The van der Waals surface area contributed by atoms with E-state index in [0.29, 0.717) is 28.3 Å². The maximum absolute atomic E-state index is 13.5. The van der Waals surface area contributed by atoms with Gasteiger partial charge in [0, 0.05) is 25.3 Å². The zero-order valence-corrected chi connectivity index (χ0v) is 22.1. The van der Waals surface area contributed by atoms with Crippen molar-refractivity contribution in [2.24, 2.45) is 5.10 Å². The van der Waals surface area contributed by atoms with E-state index in [2.05, 4.69) is 30.7 Å². The third kappa shape index (κ3) is 7.94.